The number of nitrogens with two attached hydrogens (primary N) is 1. The first-order valence-electron chi connectivity index (χ1n) is 7.30. The molecule has 1 heterocycles. The van der Waals surface area contributed by atoms with Crippen LogP contribution in [-0.4, -0.2) is 30.6 Å². The highest BCUT2D eigenvalue weighted by molar-refractivity contribution is 5.66. The van der Waals surface area contributed by atoms with Gasteiger partial charge in [0.15, 0.2) is 5.82 Å². The van der Waals surface area contributed by atoms with Gasteiger partial charge in [0, 0.05) is 25.2 Å². The molecule has 1 saturated heterocycles. The minimum atomic E-state index is -0.711. The van der Waals surface area contributed by atoms with Gasteiger partial charge >= 0.3 is 0 Å². The fraction of sp³-hybridized carbons (Fsp3) is 0.600. The zero-order chi connectivity index (χ0) is 14.5. The van der Waals surface area contributed by atoms with Gasteiger partial charge in [0.2, 0.25) is 0 Å². The van der Waals surface area contributed by atoms with E-state index >= 15 is 0 Å². The van der Waals surface area contributed by atoms with Crippen molar-refractivity contribution in [1.82, 2.24) is 4.90 Å². The summed E-state index contributed by atoms with van der Waals surface area (Å²) < 4.78 is 26.4. The average Bonchev–Trinajstić information content (AvgIpc) is 2.41. The molecule has 112 valence electrons. The number of hydrogen-bond acceptors (Lipinski definition) is 3. The molecule has 1 aromatic rings. The van der Waals surface area contributed by atoms with Crippen LogP contribution < -0.4 is 11.1 Å². The Morgan fingerprint density at radius 1 is 1.35 bits per heavy atom. The summed E-state index contributed by atoms with van der Waals surface area (Å²) in [7, 11) is 0. The first kappa shape index (κ1) is 15.0. The van der Waals surface area contributed by atoms with Crippen molar-refractivity contribution in [1.29, 1.82) is 0 Å². The van der Waals surface area contributed by atoms with E-state index in [9.17, 15) is 8.78 Å². The lowest BCUT2D eigenvalue weighted by Crippen LogP contribution is -2.38. The smallest absolute Gasteiger partial charge is 0.151 e. The standard InChI is InChI=1S/C15H23F2N3/c1-11-5-2-3-7-20(11)8-4-6-19-14-10-12(16)9-13(17)15(14)18/h9-11,19H,2-8,18H2,1H3. The number of benzene rings is 1. The van der Waals surface area contributed by atoms with Gasteiger partial charge in [-0.3, -0.25) is 0 Å². The molecular weight excluding hydrogens is 260 g/mol. The second-order valence-electron chi connectivity index (χ2n) is 5.51. The molecule has 1 unspecified atom stereocenters. The topological polar surface area (TPSA) is 41.3 Å². The molecule has 0 bridgehead atoms. The number of piperidine rings is 1. The maximum Gasteiger partial charge on any atom is 0.151 e. The second kappa shape index (κ2) is 6.88. The molecule has 0 radical (unpaired) electrons. The summed E-state index contributed by atoms with van der Waals surface area (Å²) in [5.74, 6) is -1.32. The van der Waals surface area contributed by atoms with Crippen LogP contribution in [0.15, 0.2) is 12.1 Å². The van der Waals surface area contributed by atoms with Crippen LogP contribution in [0, 0.1) is 11.6 Å². The molecule has 0 saturated carbocycles. The summed E-state index contributed by atoms with van der Waals surface area (Å²) in [6.07, 6.45) is 4.77. The Balaban J connectivity index is 1.78. The molecule has 20 heavy (non-hydrogen) atoms. The molecule has 1 aliphatic heterocycles. The van der Waals surface area contributed by atoms with E-state index in [0.29, 0.717) is 18.3 Å². The van der Waals surface area contributed by atoms with Gasteiger partial charge in [0.1, 0.15) is 5.82 Å². The Morgan fingerprint density at radius 2 is 2.15 bits per heavy atom. The van der Waals surface area contributed by atoms with Gasteiger partial charge in [-0.25, -0.2) is 8.78 Å². The van der Waals surface area contributed by atoms with Gasteiger partial charge in [0.25, 0.3) is 0 Å². The predicted octanol–water partition coefficient (Wildman–Crippen LogP) is 3.22. The minimum absolute atomic E-state index is 0.0160. The molecule has 0 spiro atoms. The van der Waals surface area contributed by atoms with E-state index in [1.54, 1.807) is 0 Å². The van der Waals surface area contributed by atoms with Crippen molar-refractivity contribution in [2.24, 2.45) is 0 Å². The number of likely N-dealkylation sites (tertiary alicyclic amines) is 1. The quantitative estimate of drug-likeness (QED) is 0.644. The van der Waals surface area contributed by atoms with Crippen LogP contribution in [0.4, 0.5) is 20.2 Å². The van der Waals surface area contributed by atoms with Crippen molar-refractivity contribution in [3.05, 3.63) is 23.8 Å². The van der Waals surface area contributed by atoms with Crippen LogP contribution in [0.3, 0.4) is 0 Å². The van der Waals surface area contributed by atoms with E-state index < -0.39 is 11.6 Å². The Hall–Kier alpha value is -1.36. The highest BCUT2D eigenvalue weighted by atomic mass is 19.1. The second-order valence-corrected chi connectivity index (χ2v) is 5.51. The fourth-order valence-electron chi connectivity index (χ4n) is 2.73. The summed E-state index contributed by atoms with van der Waals surface area (Å²) in [5, 5.41) is 3.02. The normalized spacial score (nSPS) is 20.1. The Labute approximate surface area is 119 Å². The number of anilines is 2. The molecule has 0 aliphatic carbocycles. The van der Waals surface area contributed by atoms with Crippen molar-refractivity contribution < 1.29 is 8.78 Å². The maximum atomic E-state index is 13.3. The molecule has 0 aromatic heterocycles. The van der Waals surface area contributed by atoms with Crippen molar-refractivity contribution in [3.8, 4) is 0 Å². The number of rotatable bonds is 5. The molecule has 3 nitrogen and oxygen atoms in total. The lowest BCUT2D eigenvalue weighted by molar-refractivity contribution is 0.160. The number of nitrogen functional groups attached to an aromatic ring is 1. The molecule has 5 heteroatoms. The first-order valence-corrected chi connectivity index (χ1v) is 7.30. The minimum Gasteiger partial charge on any atom is -0.395 e. The van der Waals surface area contributed by atoms with E-state index in [4.69, 9.17) is 5.73 Å². The zero-order valence-electron chi connectivity index (χ0n) is 12.0. The number of hydrogen-bond donors (Lipinski definition) is 2. The highest BCUT2D eigenvalue weighted by Crippen LogP contribution is 2.23. The van der Waals surface area contributed by atoms with Gasteiger partial charge in [-0.1, -0.05) is 6.42 Å². The number of nitrogens with zero attached hydrogens (tertiary/aromatic N) is 1. The Bertz CT molecular complexity index is 451. The lowest BCUT2D eigenvalue weighted by atomic mass is 10.0. The van der Waals surface area contributed by atoms with Crippen LogP contribution >= 0.6 is 0 Å². The summed E-state index contributed by atoms with van der Waals surface area (Å²) in [6.45, 7) is 5.08. The number of nitrogens with one attached hydrogen (secondary N) is 1. The van der Waals surface area contributed by atoms with Gasteiger partial charge in [-0.15, -0.1) is 0 Å². The Morgan fingerprint density at radius 3 is 2.90 bits per heavy atom. The summed E-state index contributed by atoms with van der Waals surface area (Å²) in [5.41, 5.74) is 5.91. The Kier molecular flexibility index (Phi) is 5.17. The SMILES string of the molecule is CC1CCCCN1CCCNc1cc(F)cc(F)c1N. The molecular formula is C15H23F2N3. The number of halogens is 2. The van der Waals surface area contributed by atoms with Crippen molar-refractivity contribution in [2.45, 2.75) is 38.6 Å². The zero-order valence-corrected chi connectivity index (χ0v) is 12.0. The molecule has 1 aromatic carbocycles. The highest BCUT2D eigenvalue weighted by Gasteiger charge is 2.17. The molecule has 1 fully saturated rings. The predicted molar refractivity (Wildman–Crippen MR) is 78.8 cm³/mol. The molecule has 3 N–H and O–H groups in total. The van der Waals surface area contributed by atoms with Crippen LogP contribution in [0.2, 0.25) is 0 Å². The molecule has 1 atom stereocenters. The van der Waals surface area contributed by atoms with E-state index in [1.807, 2.05) is 0 Å². The summed E-state index contributed by atoms with van der Waals surface area (Å²) in [6, 6.07) is 2.68. The van der Waals surface area contributed by atoms with Crippen LogP contribution in [0.25, 0.3) is 0 Å². The first-order chi connectivity index (χ1) is 9.58. The molecule has 0 amide bonds. The molecule has 1 aliphatic rings. The van der Waals surface area contributed by atoms with Gasteiger partial charge in [0.05, 0.1) is 11.4 Å². The van der Waals surface area contributed by atoms with Crippen molar-refractivity contribution in [3.63, 3.8) is 0 Å². The monoisotopic (exact) mass is 283 g/mol. The van der Waals surface area contributed by atoms with E-state index in [2.05, 4.69) is 17.1 Å². The van der Waals surface area contributed by atoms with Crippen molar-refractivity contribution in [2.75, 3.05) is 30.7 Å². The van der Waals surface area contributed by atoms with E-state index in [-0.39, 0.29) is 5.69 Å². The van der Waals surface area contributed by atoms with Crippen molar-refractivity contribution >= 4 is 11.4 Å². The van der Waals surface area contributed by atoms with Crippen LogP contribution in [0.1, 0.15) is 32.6 Å². The largest absolute Gasteiger partial charge is 0.395 e. The van der Waals surface area contributed by atoms with Crippen LogP contribution in [-0.2, 0) is 0 Å². The van der Waals surface area contributed by atoms with Gasteiger partial charge in [-0.2, -0.15) is 0 Å². The van der Waals surface area contributed by atoms with E-state index in [1.165, 1.54) is 25.3 Å². The van der Waals surface area contributed by atoms with Crippen LogP contribution in [0.5, 0.6) is 0 Å². The summed E-state index contributed by atoms with van der Waals surface area (Å²) in [4.78, 5) is 2.47. The van der Waals surface area contributed by atoms with E-state index in [0.717, 1.165) is 25.6 Å². The summed E-state index contributed by atoms with van der Waals surface area (Å²) >= 11 is 0. The third kappa shape index (κ3) is 3.82. The molecule has 2 rings (SSSR count). The fourth-order valence-corrected chi connectivity index (χ4v) is 2.73. The third-order valence-electron chi connectivity index (χ3n) is 3.97. The van der Waals surface area contributed by atoms with Gasteiger partial charge < -0.3 is 16.0 Å². The third-order valence-corrected chi connectivity index (χ3v) is 3.97. The van der Waals surface area contributed by atoms with Gasteiger partial charge in [-0.05, 0) is 38.8 Å². The maximum absolute atomic E-state index is 13.3. The average molecular weight is 283 g/mol. The lowest BCUT2D eigenvalue weighted by Gasteiger charge is -2.33.